The van der Waals surface area contributed by atoms with Gasteiger partial charge in [0.1, 0.15) is 36.0 Å². The molecule has 0 aromatic heterocycles. The zero-order valence-corrected chi connectivity index (χ0v) is 9.97. The minimum Gasteiger partial charge on any atom is -0.394 e. The van der Waals surface area contributed by atoms with Gasteiger partial charge in [0.2, 0.25) is 0 Å². The van der Waals surface area contributed by atoms with E-state index < -0.39 is 30.6 Å². The average Bonchev–Trinajstić information content (AvgIpc) is 2.64. The summed E-state index contributed by atoms with van der Waals surface area (Å²) in [5, 5.41) is 38.2. The number of hydrogen-bond acceptors (Lipinski definition) is 8. The monoisotopic (exact) mass is 266 g/mol. The maximum Gasteiger partial charge on any atom is 0.265 e. The minimum atomic E-state index is -1.90. The van der Waals surface area contributed by atoms with E-state index in [9.17, 15) is 15.5 Å². The van der Waals surface area contributed by atoms with Crippen LogP contribution in [0.25, 0.3) is 0 Å². The molecule has 0 amide bonds. The van der Waals surface area contributed by atoms with Gasteiger partial charge in [0.05, 0.1) is 6.61 Å². The fourth-order valence-corrected chi connectivity index (χ4v) is 2.08. The van der Waals surface area contributed by atoms with Crippen LogP contribution in [0.3, 0.4) is 0 Å². The van der Waals surface area contributed by atoms with Crippen molar-refractivity contribution in [3.05, 3.63) is 24.7 Å². The summed E-state index contributed by atoms with van der Waals surface area (Å²) in [5.41, 5.74) is 3.59. The SMILES string of the molecule is C=C1N=C(N)C=CN1[C@]1(C#N)O[C@H](CO)[C@H](O)C1O. The first-order valence-electron chi connectivity index (χ1n) is 5.53. The number of amidine groups is 1. The fraction of sp³-hybridized carbons (Fsp3) is 0.455. The predicted octanol–water partition coefficient (Wildman–Crippen LogP) is -2.02. The maximum atomic E-state index is 10.0. The summed E-state index contributed by atoms with van der Waals surface area (Å²) in [6.07, 6.45) is -1.23. The van der Waals surface area contributed by atoms with Crippen molar-refractivity contribution in [2.75, 3.05) is 6.61 Å². The fourth-order valence-electron chi connectivity index (χ4n) is 2.08. The summed E-state index contributed by atoms with van der Waals surface area (Å²) in [7, 11) is 0. The summed E-state index contributed by atoms with van der Waals surface area (Å²) < 4.78 is 5.31. The first-order valence-corrected chi connectivity index (χ1v) is 5.53. The van der Waals surface area contributed by atoms with E-state index in [2.05, 4.69) is 11.6 Å². The molecule has 2 rings (SSSR count). The predicted molar refractivity (Wildman–Crippen MR) is 64.1 cm³/mol. The Hall–Kier alpha value is -1.92. The number of nitriles is 1. The van der Waals surface area contributed by atoms with Crippen LogP contribution in [0.2, 0.25) is 0 Å². The second kappa shape index (κ2) is 4.64. The molecule has 5 N–H and O–H groups in total. The normalized spacial score (nSPS) is 38.2. The number of nitrogens with two attached hydrogens (primary N) is 1. The maximum absolute atomic E-state index is 10.0. The van der Waals surface area contributed by atoms with Crippen molar-refractivity contribution in [3.8, 4) is 6.07 Å². The van der Waals surface area contributed by atoms with Crippen molar-refractivity contribution < 1.29 is 20.1 Å². The van der Waals surface area contributed by atoms with Crippen LogP contribution < -0.4 is 5.73 Å². The summed E-state index contributed by atoms with van der Waals surface area (Å²) in [6.45, 7) is 3.08. The minimum absolute atomic E-state index is 0.0892. The molecule has 1 fully saturated rings. The molecule has 8 nitrogen and oxygen atoms in total. The lowest BCUT2D eigenvalue weighted by Gasteiger charge is -2.37. The molecule has 2 aliphatic heterocycles. The molecule has 4 atom stereocenters. The lowest BCUT2D eigenvalue weighted by Crippen LogP contribution is -2.53. The molecule has 0 aromatic rings. The Morgan fingerprint density at radius 3 is 2.79 bits per heavy atom. The first-order chi connectivity index (χ1) is 8.96. The summed E-state index contributed by atoms with van der Waals surface area (Å²) >= 11 is 0. The molecule has 8 heteroatoms. The number of aliphatic hydroxyl groups excluding tert-OH is 3. The molecule has 0 aromatic carbocycles. The van der Waals surface area contributed by atoms with Crippen molar-refractivity contribution in [2.24, 2.45) is 10.7 Å². The number of ether oxygens (including phenoxy) is 1. The lowest BCUT2D eigenvalue weighted by molar-refractivity contribution is -0.121. The second-order valence-electron chi connectivity index (χ2n) is 4.22. The second-order valence-corrected chi connectivity index (χ2v) is 4.22. The molecular weight excluding hydrogens is 252 g/mol. The Labute approximate surface area is 109 Å². The smallest absolute Gasteiger partial charge is 0.265 e. The van der Waals surface area contributed by atoms with E-state index in [0.29, 0.717) is 0 Å². The van der Waals surface area contributed by atoms with Gasteiger partial charge in [-0.1, -0.05) is 6.58 Å². The number of rotatable bonds is 2. The van der Waals surface area contributed by atoms with Crippen LogP contribution in [-0.4, -0.2) is 56.7 Å². The highest BCUT2D eigenvalue weighted by molar-refractivity contribution is 5.92. The standard InChI is InChI=1S/C11H14N4O4/c1-6-14-8(13)2-3-15(6)11(5-12)10(18)9(17)7(4-16)19-11/h2-3,7,9-10,16-18H,1,4H2,(H2,13,14)/t7-,9+,10?,11-/m1/s1. The van der Waals surface area contributed by atoms with Crippen LogP contribution in [0.5, 0.6) is 0 Å². The van der Waals surface area contributed by atoms with Crippen molar-refractivity contribution in [3.63, 3.8) is 0 Å². The molecule has 0 aliphatic carbocycles. The van der Waals surface area contributed by atoms with Crippen LogP contribution >= 0.6 is 0 Å². The van der Waals surface area contributed by atoms with Gasteiger partial charge in [-0.05, 0) is 6.08 Å². The van der Waals surface area contributed by atoms with Crippen LogP contribution in [-0.2, 0) is 4.74 Å². The topological polar surface area (TPSA) is 135 Å². The van der Waals surface area contributed by atoms with E-state index in [4.69, 9.17) is 15.6 Å². The molecular formula is C11H14N4O4. The first kappa shape index (κ1) is 13.5. The van der Waals surface area contributed by atoms with Gasteiger partial charge >= 0.3 is 0 Å². The Bertz CT molecular complexity index is 497. The third-order valence-corrected chi connectivity index (χ3v) is 3.06. The van der Waals surface area contributed by atoms with Gasteiger partial charge in [0.25, 0.3) is 5.72 Å². The van der Waals surface area contributed by atoms with Crippen LogP contribution in [0.15, 0.2) is 29.7 Å². The van der Waals surface area contributed by atoms with E-state index in [0.717, 1.165) is 0 Å². The zero-order valence-electron chi connectivity index (χ0n) is 9.97. The third-order valence-electron chi connectivity index (χ3n) is 3.06. The number of aliphatic imine (C=N–C) groups is 1. The van der Waals surface area contributed by atoms with Gasteiger partial charge in [-0.3, -0.25) is 4.90 Å². The van der Waals surface area contributed by atoms with Gasteiger partial charge in [0.15, 0.2) is 0 Å². The van der Waals surface area contributed by atoms with Crippen LogP contribution in [0.4, 0.5) is 0 Å². The molecule has 102 valence electrons. The Morgan fingerprint density at radius 2 is 2.32 bits per heavy atom. The molecule has 0 radical (unpaired) electrons. The molecule has 2 heterocycles. The molecule has 19 heavy (non-hydrogen) atoms. The number of nitrogens with zero attached hydrogens (tertiary/aromatic N) is 3. The van der Waals surface area contributed by atoms with Gasteiger partial charge in [-0.25, -0.2) is 4.99 Å². The largest absolute Gasteiger partial charge is 0.394 e. The Kier molecular flexibility index (Phi) is 3.30. The summed E-state index contributed by atoms with van der Waals surface area (Å²) in [4.78, 5) is 5.04. The quantitative estimate of drug-likeness (QED) is 0.453. The van der Waals surface area contributed by atoms with Gasteiger partial charge in [-0.2, -0.15) is 5.26 Å². The molecule has 0 spiro atoms. The molecule has 0 saturated carbocycles. The van der Waals surface area contributed by atoms with Gasteiger partial charge in [0, 0.05) is 6.20 Å². The molecule has 2 aliphatic rings. The Balaban J connectivity index is 2.38. The van der Waals surface area contributed by atoms with E-state index in [1.54, 1.807) is 6.07 Å². The summed E-state index contributed by atoms with van der Waals surface area (Å²) in [5.74, 6) is 0.285. The Morgan fingerprint density at radius 1 is 1.63 bits per heavy atom. The molecule has 1 saturated heterocycles. The van der Waals surface area contributed by atoms with Crippen molar-refractivity contribution >= 4 is 5.84 Å². The highest BCUT2D eigenvalue weighted by Crippen LogP contribution is 2.37. The van der Waals surface area contributed by atoms with E-state index >= 15 is 0 Å². The number of aliphatic hydroxyl groups is 3. The van der Waals surface area contributed by atoms with E-state index in [-0.39, 0.29) is 11.7 Å². The zero-order chi connectivity index (χ0) is 14.2. The van der Waals surface area contributed by atoms with Crippen LogP contribution in [0, 0.1) is 11.3 Å². The highest BCUT2D eigenvalue weighted by Gasteiger charge is 2.58. The molecule has 1 unspecified atom stereocenters. The van der Waals surface area contributed by atoms with Gasteiger partial charge < -0.3 is 25.8 Å². The lowest BCUT2D eigenvalue weighted by atomic mass is 10.0. The highest BCUT2D eigenvalue weighted by atomic mass is 16.6. The summed E-state index contributed by atoms with van der Waals surface area (Å²) in [6, 6.07) is 1.80. The van der Waals surface area contributed by atoms with Gasteiger partial charge in [-0.15, -0.1) is 0 Å². The molecule has 0 bridgehead atoms. The van der Waals surface area contributed by atoms with Crippen molar-refractivity contribution in [1.82, 2.24) is 4.90 Å². The van der Waals surface area contributed by atoms with Crippen molar-refractivity contribution in [1.29, 1.82) is 5.26 Å². The van der Waals surface area contributed by atoms with E-state index in [1.165, 1.54) is 17.2 Å². The van der Waals surface area contributed by atoms with E-state index in [1.807, 2.05) is 0 Å². The van der Waals surface area contributed by atoms with Crippen LogP contribution in [0.1, 0.15) is 0 Å². The number of hydrogen-bond donors (Lipinski definition) is 4. The van der Waals surface area contributed by atoms with Crippen molar-refractivity contribution in [2.45, 2.75) is 24.0 Å². The third kappa shape index (κ3) is 1.89. The average molecular weight is 266 g/mol.